The molecule has 0 radical (unpaired) electrons. The lowest BCUT2D eigenvalue weighted by Crippen LogP contribution is -2.41. The van der Waals surface area contributed by atoms with Gasteiger partial charge >= 0.3 is 0 Å². The lowest BCUT2D eigenvalue weighted by molar-refractivity contribution is -0.120. The number of pyridine rings is 1. The number of rotatable bonds is 5. The number of hydrogen-bond acceptors (Lipinski definition) is 8. The molecule has 4 rings (SSSR count). The molecule has 0 aromatic carbocycles. The summed E-state index contributed by atoms with van der Waals surface area (Å²) in [5.74, 6) is 0.165. The van der Waals surface area contributed by atoms with Crippen LogP contribution in [0.4, 0.5) is 5.13 Å². The quantitative estimate of drug-likeness (QED) is 0.631. The van der Waals surface area contributed by atoms with E-state index in [1.165, 1.54) is 21.8 Å². The Labute approximate surface area is 178 Å². The Morgan fingerprint density at radius 1 is 1.23 bits per heavy atom. The Morgan fingerprint density at radius 3 is 2.63 bits per heavy atom. The van der Waals surface area contributed by atoms with Crippen molar-refractivity contribution < 1.29 is 13.2 Å². The van der Waals surface area contributed by atoms with Gasteiger partial charge in [-0.15, -0.1) is 10.2 Å². The molecule has 158 valence electrons. The minimum absolute atomic E-state index is 0.0429. The summed E-state index contributed by atoms with van der Waals surface area (Å²) >= 11 is 1.25. The number of nitrogens with zero attached hydrogens (tertiary/aromatic N) is 6. The number of hydrogen-bond donors (Lipinski definition) is 1. The highest BCUT2D eigenvalue weighted by atomic mass is 32.2. The van der Waals surface area contributed by atoms with Gasteiger partial charge in [0, 0.05) is 38.4 Å². The van der Waals surface area contributed by atoms with Crippen molar-refractivity contribution in [1.29, 1.82) is 0 Å². The topological polar surface area (TPSA) is 123 Å². The smallest absolute Gasteiger partial charge is 0.262 e. The zero-order valence-electron chi connectivity index (χ0n) is 16.5. The molecule has 10 nitrogen and oxygen atoms in total. The highest BCUT2D eigenvalue weighted by molar-refractivity contribution is 7.89. The molecule has 0 spiro atoms. The Morgan fingerprint density at radius 2 is 2.00 bits per heavy atom. The van der Waals surface area contributed by atoms with E-state index in [9.17, 15) is 13.2 Å². The van der Waals surface area contributed by atoms with Gasteiger partial charge in [0.05, 0.1) is 0 Å². The molecule has 1 saturated heterocycles. The van der Waals surface area contributed by atoms with Crippen LogP contribution in [-0.2, 0) is 21.9 Å². The first-order valence-electron chi connectivity index (χ1n) is 9.40. The van der Waals surface area contributed by atoms with E-state index in [-0.39, 0.29) is 29.9 Å². The second kappa shape index (κ2) is 8.20. The molecule has 30 heavy (non-hydrogen) atoms. The van der Waals surface area contributed by atoms with E-state index in [2.05, 4.69) is 25.5 Å². The number of carbonyl (C=O) groups is 1. The number of amides is 1. The van der Waals surface area contributed by atoms with E-state index < -0.39 is 10.0 Å². The molecule has 12 heteroatoms. The third-order valence-electron chi connectivity index (χ3n) is 5.05. The number of aromatic nitrogens is 5. The number of piperidine rings is 1. The number of anilines is 1. The number of carbonyl (C=O) groups excluding carboxylic acids is 1. The summed E-state index contributed by atoms with van der Waals surface area (Å²) in [6.45, 7) is 2.29. The molecule has 1 fully saturated rings. The molecule has 3 aromatic rings. The second-order valence-electron chi connectivity index (χ2n) is 7.03. The van der Waals surface area contributed by atoms with Gasteiger partial charge in [-0.05, 0) is 31.9 Å². The van der Waals surface area contributed by atoms with Crippen LogP contribution in [0.1, 0.15) is 18.7 Å². The average molecular weight is 448 g/mol. The molecule has 4 heterocycles. The van der Waals surface area contributed by atoms with Gasteiger partial charge in [-0.3, -0.25) is 9.78 Å². The summed E-state index contributed by atoms with van der Waals surface area (Å²) in [7, 11) is -1.90. The number of aryl methyl sites for hydroxylation is 2. The second-order valence-corrected chi connectivity index (χ2v) is 9.89. The number of sulfonamides is 1. The van der Waals surface area contributed by atoms with E-state index in [0.717, 1.165) is 0 Å². The van der Waals surface area contributed by atoms with E-state index in [1.54, 1.807) is 24.7 Å². The van der Waals surface area contributed by atoms with Crippen LogP contribution in [0.2, 0.25) is 0 Å². The van der Waals surface area contributed by atoms with Crippen LogP contribution in [0, 0.1) is 12.8 Å². The van der Waals surface area contributed by atoms with Crippen molar-refractivity contribution in [2.75, 3.05) is 18.4 Å². The molecule has 0 aliphatic carbocycles. The van der Waals surface area contributed by atoms with Crippen molar-refractivity contribution in [3.8, 4) is 10.7 Å². The van der Waals surface area contributed by atoms with Crippen molar-refractivity contribution in [3.05, 3.63) is 36.4 Å². The largest absolute Gasteiger partial charge is 0.337 e. The Bertz CT molecular complexity index is 1130. The molecule has 0 unspecified atom stereocenters. The first kappa shape index (κ1) is 20.6. The molecule has 0 saturated carbocycles. The summed E-state index contributed by atoms with van der Waals surface area (Å²) in [6.07, 6.45) is 4.05. The van der Waals surface area contributed by atoms with Crippen LogP contribution in [0.3, 0.4) is 0 Å². The maximum Gasteiger partial charge on any atom is 0.262 e. The molecule has 1 amide bonds. The fourth-order valence-corrected chi connectivity index (χ4v) is 5.43. The van der Waals surface area contributed by atoms with Gasteiger partial charge in [0.15, 0.2) is 10.0 Å². The average Bonchev–Trinajstić information content (AvgIpc) is 3.35. The van der Waals surface area contributed by atoms with Gasteiger partial charge in [-0.2, -0.15) is 4.31 Å². The molecule has 3 aromatic heterocycles. The predicted octanol–water partition coefficient (Wildman–Crippen LogP) is 1.68. The summed E-state index contributed by atoms with van der Waals surface area (Å²) in [4.78, 5) is 21.0. The van der Waals surface area contributed by atoms with Crippen LogP contribution in [0.5, 0.6) is 0 Å². The zero-order chi connectivity index (χ0) is 21.3. The van der Waals surface area contributed by atoms with Gasteiger partial charge in [0.1, 0.15) is 11.5 Å². The number of nitrogens with one attached hydrogen (secondary N) is 1. The fourth-order valence-electron chi connectivity index (χ4n) is 3.22. The molecular formula is C18H21N7O3S2. The van der Waals surface area contributed by atoms with Crippen LogP contribution >= 0.6 is 11.3 Å². The maximum atomic E-state index is 12.8. The van der Waals surface area contributed by atoms with Crippen molar-refractivity contribution in [2.24, 2.45) is 13.0 Å². The van der Waals surface area contributed by atoms with Crippen molar-refractivity contribution in [1.82, 2.24) is 29.0 Å². The molecule has 0 bridgehead atoms. The van der Waals surface area contributed by atoms with Crippen molar-refractivity contribution in [3.63, 3.8) is 0 Å². The SMILES string of the molecule is Cc1nc(S(=O)(=O)N2CCC(C(=O)Nc3nnc(-c4ccccn4)s3)CC2)cn1C. The first-order chi connectivity index (χ1) is 14.3. The molecular weight excluding hydrogens is 426 g/mol. The highest BCUT2D eigenvalue weighted by Crippen LogP contribution is 2.27. The van der Waals surface area contributed by atoms with E-state index in [0.29, 0.717) is 34.5 Å². The minimum Gasteiger partial charge on any atom is -0.337 e. The van der Waals surface area contributed by atoms with Gasteiger partial charge in [-0.25, -0.2) is 13.4 Å². The molecule has 0 atom stereocenters. The van der Waals surface area contributed by atoms with Crippen LogP contribution in [-0.4, -0.2) is 56.5 Å². The lowest BCUT2D eigenvalue weighted by Gasteiger charge is -2.29. The Kier molecular flexibility index (Phi) is 5.62. The summed E-state index contributed by atoms with van der Waals surface area (Å²) in [6, 6.07) is 5.50. The Hall–Kier alpha value is -2.70. The standard InChI is InChI=1S/C18H21N7O3S2/c1-12-20-15(11-24(12)2)30(27,28)25-9-6-13(7-10-25)16(26)21-18-23-22-17(29-18)14-5-3-4-8-19-14/h3-5,8,11,13H,6-7,9-10H2,1-2H3,(H,21,23,26). The van der Waals surface area contributed by atoms with Crippen LogP contribution in [0.25, 0.3) is 10.7 Å². The van der Waals surface area contributed by atoms with Crippen LogP contribution in [0.15, 0.2) is 35.6 Å². The minimum atomic E-state index is -3.66. The zero-order valence-corrected chi connectivity index (χ0v) is 18.2. The number of imidazole rings is 1. The third-order valence-corrected chi connectivity index (χ3v) is 7.69. The van der Waals surface area contributed by atoms with Crippen molar-refractivity contribution >= 4 is 32.4 Å². The fraction of sp³-hybridized carbons (Fsp3) is 0.389. The highest BCUT2D eigenvalue weighted by Gasteiger charge is 2.33. The molecule has 1 aliphatic rings. The van der Waals surface area contributed by atoms with E-state index in [1.807, 2.05) is 18.2 Å². The lowest BCUT2D eigenvalue weighted by atomic mass is 9.97. The monoisotopic (exact) mass is 447 g/mol. The molecule has 1 aliphatic heterocycles. The normalized spacial score (nSPS) is 15.9. The summed E-state index contributed by atoms with van der Waals surface area (Å²) in [5.41, 5.74) is 0.693. The van der Waals surface area contributed by atoms with Crippen molar-refractivity contribution in [2.45, 2.75) is 24.8 Å². The van der Waals surface area contributed by atoms with E-state index >= 15 is 0 Å². The molecule has 1 N–H and O–H groups in total. The van der Waals surface area contributed by atoms with Crippen LogP contribution < -0.4 is 5.32 Å². The van der Waals surface area contributed by atoms with Gasteiger partial charge in [0.2, 0.25) is 11.0 Å². The predicted molar refractivity (Wildman–Crippen MR) is 111 cm³/mol. The van der Waals surface area contributed by atoms with Gasteiger partial charge in [-0.1, -0.05) is 17.4 Å². The summed E-state index contributed by atoms with van der Waals surface area (Å²) in [5, 5.41) is 11.9. The van der Waals surface area contributed by atoms with E-state index in [4.69, 9.17) is 0 Å². The Balaban J connectivity index is 1.36. The summed E-state index contributed by atoms with van der Waals surface area (Å²) < 4.78 is 28.6. The van der Waals surface area contributed by atoms with Gasteiger partial charge in [0.25, 0.3) is 10.0 Å². The maximum absolute atomic E-state index is 12.8. The van der Waals surface area contributed by atoms with Gasteiger partial charge < -0.3 is 9.88 Å². The first-order valence-corrected chi connectivity index (χ1v) is 11.7. The third kappa shape index (κ3) is 4.11.